The summed E-state index contributed by atoms with van der Waals surface area (Å²) in [4.78, 5) is 11.2. The maximum atomic E-state index is 11.2. The molecule has 0 aliphatic heterocycles. The smallest absolute Gasteiger partial charge is 0.309 e. The fourth-order valence-electron chi connectivity index (χ4n) is 2.18. The maximum Gasteiger partial charge on any atom is 0.309 e. The molecule has 0 fully saturated rings. The van der Waals surface area contributed by atoms with Gasteiger partial charge in [0, 0.05) is 24.1 Å². The summed E-state index contributed by atoms with van der Waals surface area (Å²) in [7, 11) is 1.94. The number of halogens is 1. The van der Waals surface area contributed by atoms with Crippen LogP contribution in [0.2, 0.25) is 5.02 Å². The first kappa shape index (κ1) is 13.0. The predicted molar refractivity (Wildman–Crippen MR) is 73.0 cm³/mol. The predicted octanol–water partition coefficient (Wildman–Crippen LogP) is 3.49. The summed E-state index contributed by atoms with van der Waals surface area (Å²) in [6, 6.07) is 5.72. The molecule has 18 heavy (non-hydrogen) atoms. The maximum absolute atomic E-state index is 11.2. The van der Waals surface area contributed by atoms with Gasteiger partial charge in [0.15, 0.2) is 0 Å². The summed E-state index contributed by atoms with van der Waals surface area (Å²) in [6.07, 6.45) is 2.42. The molecule has 0 spiro atoms. The Morgan fingerprint density at radius 3 is 2.72 bits per heavy atom. The molecule has 1 aromatic carbocycles. The minimum absolute atomic E-state index is 0.462. The molecule has 0 amide bonds. The lowest BCUT2D eigenvalue weighted by Gasteiger charge is -2.18. The van der Waals surface area contributed by atoms with Gasteiger partial charge in [0.1, 0.15) is 0 Å². The van der Waals surface area contributed by atoms with Crippen LogP contribution in [-0.4, -0.2) is 15.6 Å². The van der Waals surface area contributed by atoms with Crippen LogP contribution in [0.25, 0.3) is 10.9 Å². The Hall–Kier alpha value is -1.48. The summed E-state index contributed by atoms with van der Waals surface area (Å²) in [5.41, 5.74) is 1.21. The van der Waals surface area contributed by atoms with Crippen LogP contribution in [0.5, 0.6) is 0 Å². The molecule has 0 saturated heterocycles. The highest BCUT2D eigenvalue weighted by Crippen LogP contribution is 2.32. The van der Waals surface area contributed by atoms with Crippen molar-refractivity contribution in [3.8, 4) is 0 Å². The van der Waals surface area contributed by atoms with Crippen LogP contribution >= 0.6 is 11.6 Å². The van der Waals surface area contributed by atoms with Crippen LogP contribution < -0.4 is 0 Å². The van der Waals surface area contributed by atoms with E-state index in [1.807, 2.05) is 36.0 Å². The number of aryl methyl sites for hydroxylation is 1. The van der Waals surface area contributed by atoms with E-state index >= 15 is 0 Å². The first-order chi connectivity index (χ1) is 8.33. The number of carboxylic acids is 1. The van der Waals surface area contributed by atoms with Crippen LogP contribution in [-0.2, 0) is 18.3 Å². The van der Waals surface area contributed by atoms with Crippen LogP contribution in [0.15, 0.2) is 24.4 Å². The number of benzene rings is 1. The molecule has 0 atom stereocenters. The summed E-state index contributed by atoms with van der Waals surface area (Å²) >= 11 is 6.22. The molecule has 2 aromatic rings. The van der Waals surface area contributed by atoms with E-state index in [0.717, 1.165) is 16.5 Å². The van der Waals surface area contributed by atoms with Gasteiger partial charge in [0.2, 0.25) is 0 Å². The number of carboxylic acid groups (broad SMARTS) is 1. The molecule has 0 radical (unpaired) electrons. The van der Waals surface area contributed by atoms with Gasteiger partial charge in [-0.15, -0.1) is 0 Å². The van der Waals surface area contributed by atoms with Gasteiger partial charge < -0.3 is 9.67 Å². The van der Waals surface area contributed by atoms with Crippen molar-refractivity contribution in [3.05, 3.63) is 35.0 Å². The number of rotatable bonds is 3. The molecule has 3 nitrogen and oxygen atoms in total. The Morgan fingerprint density at radius 1 is 1.44 bits per heavy atom. The van der Waals surface area contributed by atoms with Crippen molar-refractivity contribution < 1.29 is 9.90 Å². The van der Waals surface area contributed by atoms with E-state index in [0.29, 0.717) is 11.4 Å². The molecule has 0 aliphatic carbocycles. The van der Waals surface area contributed by atoms with Crippen molar-refractivity contribution in [1.29, 1.82) is 0 Å². The van der Waals surface area contributed by atoms with Crippen molar-refractivity contribution >= 4 is 28.5 Å². The van der Waals surface area contributed by atoms with Gasteiger partial charge in [-0.05, 0) is 38.0 Å². The summed E-state index contributed by atoms with van der Waals surface area (Å²) in [5, 5.41) is 10.8. The standard InChI is InChI=1S/C14H16ClNO2/c1-14(2,13(17)18)7-9-8-16(3)11-6-4-5-10(15)12(9)11/h4-6,8H,7H2,1-3H3,(H,17,18). The molecule has 1 heterocycles. The van der Waals surface area contributed by atoms with E-state index in [1.165, 1.54) is 0 Å². The van der Waals surface area contributed by atoms with Gasteiger partial charge >= 0.3 is 5.97 Å². The highest BCUT2D eigenvalue weighted by atomic mass is 35.5. The SMILES string of the molecule is Cn1cc(CC(C)(C)C(=O)O)c2c(Cl)cccc21. The number of hydrogen-bond donors (Lipinski definition) is 1. The highest BCUT2D eigenvalue weighted by molar-refractivity contribution is 6.35. The zero-order valence-electron chi connectivity index (χ0n) is 10.7. The van der Waals surface area contributed by atoms with Crippen molar-refractivity contribution in [2.24, 2.45) is 12.5 Å². The van der Waals surface area contributed by atoms with E-state index in [2.05, 4.69) is 0 Å². The van der Waals surface area contributed by atoms with Gasteiger partial charge in [-0.3, -0.25) is 4.79 Å². The molecular weight excluding hydrogens is 250 g/mol. The monoisotopic (exact) mass is 265 g/mol. The Morgan fingerprint density at radius 2 is 2.11 bits per heavy atom. The summed E-state index contributed by atoms with van der Waals surface area (Å²) < 4.78 is 1.98. The average Bonchev–Trinajstić information content (AvgIpc) is 2.56. The highest BCUT2D eigenvalue weighted by Gasteiger charge is 2.29. The van der Waals surface area contributed by atoms with Gasteiger partial charge in [-0.1, -0.05) is 17.7 Å². The van der Waals surface area contributed by atoms with E-state index in [-0.39, 0.29) is 0 Å². The zero-order valence-corrected chi connectivity index (χ0v) is 11.5. The number of fused-ring (bicyclic) bond motifs is 1. The Labute approximate surface area is 111 Å². The van der Waals surface area contributed by atoms with Gasteiger partial charge in [-0.25, -0.2) is 0 Å². The van der Waals surface area contributed by atoms with Gasteiger partial charge in [0.25, 0.3) is 0 Å². The molecule has 2 rings (SSSR count). The molecule has 96 valence electrons. The van der Waals surface area contributed by atoms with Gasteiger partial charge in [0.05, 0.1) is 10.4 Å². The van der Waals surface area contributed by atoms with Crippen molar-refractivity contribution in [1.82, 2.24) is 4.57 Å². The van der Waals surface area contributed by atoms with E-state index in [4.69, 9.17) is 11.6 Å². The number of hydrogen-bond acceptors (Lipinski definition) is 1. The third-order valence-electron chi connectivity index (χ3n) is 3.25. The third-order valence-corrected chi connectivity index (χ3v) is 3.57. The second-order valence-electron chi connectivity index (χ2n) is 5.27. The van der Waals surface area contributed by atoms with Crippen molar-refractivity contribution in [2.45, 2.75) is 20.3 Å². The van der Waals surface area contributed by atoms with Crippen molar-refractivity contribution in [3.63, 3.8) is 0 Å². The summed E-state index contributed by atoms with van der Waals surface area (Å²) in [6.45, 7) is 3.45. The molecule has 0 bridgehead atoms. The number of carbonyl (C=O) groups is 1. The molecule has 0 aliphatic rings. The third kappa shape index (κ3) is 2.10. The lowest BCUT2D eigenvalue weighted by molar-refractivity contribution is -0.146. The minimum Gasteiger partial charge on any atom is -0.481 e. The van der Waals surface area contributed by atoms with E-state index < -0.39 is 11.4 Å². The number of aromatic nitrogens is 1. The molecular formula is C14H16ClNO2. The van der Waals surface area contributed by atoms with E-state index in [9.17, 15) is 9.90 Å². The molecule has 1 N–H and O–H groups in total. The lowest BCUT2D eigenvalue weighted by Crippen LogP contribution is -2.26. The second kappa shape index (κ2) is 4.32. The molecule has 0 saturated carbocycles. The largest absolute Gasteiger partial charge is 0.481 e. The number of nitrogens with zero attached hydrogens (tertiary/aromatic N) is 1. The Kier molecular flexibility index (Phi) is 3.11. The average molecular weight is 266 g/mol. The van der Waals surface area contributed by atoms with Crippen LogP contribution in [0.4, 0.5) is 0 Å². The van der Waals surface area contributed by atoms with Crippen LogP contribution in [0, 0.1) is 5.41 Å². The van der Waals surface area contributed by atoms with Crippen LogP contribution in [0.3, 0.4) is 0 Å². The fraction of sp³-hybridized carbons (Fsp3) is 0.357. The second-order valence-corrected chi connectivity index (χ2v) is 5.67. The van der Waals surface area contributed by atoms with Crippen LogP contribution in [0.1, 0.15) is 19.4 Å². The fourth-order valence-corrected chi connectivity index (χ4v) is 2.47. The first-order valence-corrected chi connectivity index (χ1v) is 6.16. The normalized spacial score (nSPS) is 12.0. The first-order valence-electron chi connectivity index (χ1n) is 5.79. The van der Waals surface area contributed by atoms with Crippen molar-refractivity contribution in [2.75, 3.05) is 0 Å². The lowest BCUT2D eigenvalue weighted by atomic mass is 9.86. The quantitative estimate of drug-likeness (QED) is 0.923. The Balaban J connectivity index is 2.56. The Bertz CT molecular complexity index is 614. The summed E-state index contributed by atoms with van der Waals surface area (Å²) in [5.74, 6) is -0.799. The topological polar surface area (TPSA) is 42.2 Å². The molecule has 0 unspecified atom stereocenters. The minimum atomic E-state index is -0.799. The van der Waals surface area contributed by atoms with E-state index in [1.54, 1.807) is 13.8 Å². The molecule has 4 heteroatoms. The number of aliphatic carboxylic acids is 1. The van der Waals surface area contributed by atoms with Gasteiger partial charge in [-0.2, -0.15) is 0 Å². The molecule has 1 aromatic heterocycles. The zero-order chi connectivity index (χ0) is 13.5.